The van der Waals surface area contributed by atoms with Gasteiger partial charge in [0.2, 0.25) is 0 Å². The first-order valence-corrected chi connectivity index (χ1v) is 6.57. The first-order chi connectivity index (χ1) is 8.16. The van der Waals surface area contributed by atoms with Crippen molar-refractivity contribution in [3.63, 3.8) is 0 Å². The topological polar surface area (TPSA) is 42.1 Å². The van der Waals surface area contributed by atoms with E-state index in [9.17, 15) is 0 Å². The van der Waals surface area contributed by atoms with Gasteiger partial charge in [0.25, 0.3) is 0 Å². The Morgan fingerprint density at radius 1 is 1.35 bits per heavy atom. The molecule has 2 rings (SSSR count). The zero-order valence-corrected chi connectivity index (χ0v) is 10.9. The van der Waals surface area contributed by atoms with E-state index in [2.05, 4.69) is 23.9 Å². The largest absolute Gasteiger partial charge is 0.397 e. The highest BCUT2D eigenvalue weighted by molar-refractivity contribution is 5.34. The normalized spacial score (nSPS) is 25.1. The van der Waals surface area contributed by atoms with Crippen molar-refractivity contribution in [2.24, 2.45) is 5.92 Å². The maximum Gasteiger partial charge on any atom is 0.0545 e. The van der Waals surface area contributed by atoms with Gasteiger partial charge in [-0.1, -0.05) is 19.8 Å². The minimum absolute atomic E-state index is 0.711. The predicted molar refractivity (Wildman–Crippen MR) is 71.5 cm³/mol. The molecule has 0 bridgehead atoms. The summed E-state index contributed by atoms with van der Waals surface area (Å²) < 4.78 is 0. The first kappa shape index (κ1) is 12.4. The van der Waals surface area contributed by atoms with Gasteiger partial charge in [-0.05, 0) is 37.9 Å². The highest BCUT2D eigenvalue weighted by atomic mass is 15.1. The van der Waals surface area contributed by atoms with Crippen LogP contribution in [0.25, 0.3) is 0 Å². The summed E-state index contributed by atoms with van der Waals surface area (Å²) in [6.07, 6.45) is 7.20. The third-order valence-electron chi connectivity index (χ3n) is 3.89. The Bertz CT molecular complexity index is 347. The lowest BCUT2D eigenvalue weighted by Gasteiger charge is -2.36. The van der Waals surface area contributed by atoms with Crippen molar-refractivity contribution in [1.82, 2.24) is 9.88 Å². The van der Waals surface area contributed by atoms with E-state index in [-0.39, 0.29) is 0 Å². The highest BCUT2D eigenvalue weighted by Gasteiger charge is 2.24. The summed E-state index contributed by atoms with van der Waals surface area (Å²) in [6, 6.07) is 4.67. The van der Waals surface area contributed by atoms with Gasteiger partial charge in [0.1, 0.15) is 0 Å². The van der Waals surface area contributed by atoms with Crippen LogP contribution in [0.5, 0.6) is 0 Å². The molecule has 1 saturated carbocycles. The van der Waals surface area contributed by atoms with Crippen LogP contribution in [-0.2, 0) is 6.54 Å². The molecule has 0 aromatic carbocycles. The predicted octanol–water partition coefficient (Wildman–Crippen LogP) is 2.67. The molecule has 3 nitrogen and oxygen atoms in total. The number of nitrogen functional groups attached to an aromatic ring is 1. The zero-order chi connectivity index (χ0) is 12.3. The second-order valence-electron chi connectivity index (χ2n) is 5.33. The Morgan fingerprint density at radius 2 is 2.12 bits per heavy atom. The number of pyridine rings is 1. The molecular formula is C14H23N3. The van der Waals surface area contributed by atoms with Crippen LogP contribution in [-0.4, -0.2) is 23.0 Å². The van der Waals surface area contributed by atoms with Gasteiger partial charge in [0.05, 0.1) is 17.6 Å². The number of hydrogen-bond donors (Lipinski definition) is 1. The highest BCUT2D eigenvalue weighted by Crippen LogP contribution is 2.27. The smallest absolute Gasteiger partial charge is 0.0545 e. The molecule has 1 heterocycles. The Morgan fingerprint density at radius 3 is 2.76 bits per heavy atom. The molecule has 0 radical (unpaired) electrons. The van der Waals surface area contributed by atoms with Crippen LogP contribution >= 0.6 is 0 Å². The van der Waals surface area contributed by atoms with E-state index in [0.717, 1.165) is 23.8 Å². The van der Waals surface area contributed by atoms with Crippen LogP contribution in [0, 0.1) is 5.92 Å². The first-order valence-electron chi connectivity index (χ1n) is 6.57. The lowest BCUT2D eigenvalue weighted by Crippen LogP contribution is -2.38. The van der Waals surface area contributed by atoms with E-state index < -0.39 is 0 Å². The van der Waals surface area contributed by atoms with Gasteiger partial charge in [0.15, 0.2) is 0 Å². The van der Waals surface area contributed by atoms with Gasteiger partial charge >= 0.3 is 0 Å². The van der Waals surface area contributed by atoms with Crippen molar-refractivity contribution in [1.29, 1.82) is 0 Å². The SMILES string of the molecule is CC1CCCCC1N(C)Cc1ccc(N)cn1. The molecule has 0 aliphatic heterocycles. The molecule has 2 atom stereocenters. The van der Waals surface area contributed by atoms with Crippen LogP contribution in [0.2, 0.25) is 0 Å². The summed E-state index contributed by atoms with van der Waals surface area (Å²) in [6.45, 7) is 3.30. The van der Waals surface area contributed by atoms with E-state index in [1.165, 1.54) is 25.7 Å². The molecule has 2 unspecified atom stereocenters. The lowest BCUT2D eigenvalue weighted by atomic mass is 9.85. The minimum Gasteiger partial charge on any atom is -0.397 e. The summed E-state index contributed by atoms with van der Waals surface area (Å²) in [4.78, 5) is 6.82. The van der Waals surface area contributed by atoms with E-state index in [4.69, 9.17) is 5.73 Å². The lowest BCUT2D eigenvalue weighted by molar-refractivity contribution is 0.132. The summed E-state index contributed by atoms with van der Waals surface area (Å²) in [7, 11) is 2.21. The van der Waals surface area contributed by atoms with Gasteiger partial charge < -0.3 is 5.73 Å². The van der Waals surface area contributed by atoms with Crippen molar-refractivity contribution in [2.45, 2.75) is 45.2 Å². The van der Waals surface area contributed by atoms with Crippen LogP contribution in [0.4, 0.5) is 5.69 Å². The fourth-order valence-corrected chi connectivity index (χ4v) is 2.85. The summed E-state index contributed by atoms with van der Waals surface area (Å²) in [5.74, 6) is 0.808. The van der Waals surface area contributed by atoms with Crippen molar-refractivity contribution < 1.29 is 0 Å². The molecule has 0 spiro atoms. The Balaban J connectivity index is 1.95. The summed E-state index contributed by atoms with van der Waals surface area (Å²) in [5, 5.41) is 0. The molecule has 1 aromatic heterocycles. The van der Waals surface area contributed by atoms with E-state index >= 15 is 0 Å². The van der Waals surface area contributed by atoms with Crippen LogP contribution in [0.3, 0.4) is 0 Å². The molecule has 1 aromatic rings. The Hall–Kier alpha value is -1.09. The van der Waals surface area contributed by atoms with E-state index in [1.54, 1.807) is 6.20 Å². The fourth-order valence-electron chi connectivity index (χ4n) is 2.85. The van der Waals surface area contributed by atoms with Gasteiger partial charge in [-0.2, -0.15) is 0 Å². The summed E-state index contributed by atoms with van der Waals surface area (Å²) >= 11 is 0. The average molecular weight is 233 g/mol. The molecule has 1 fully saturated rings. The third kappa shape index (κ3) is 3.19. The average Bonchev–Trinajstić information content (AvgIpc) is 2.32. The number of nitrogens with two attached hydrogens (primary N) is 1. The maximum atomic E-state index is 5.65. The second kappa shape index (κ2) is 5.50. The standard InChI is InChI=1S/C14H23N3/c1-11-5-3-4-6-14(11)17(2)10-13-8-7-12(15)9-16-13/h7-9,11,14H,3-6,10,15H2,1-2H3. The molecule has 17 heavy (non-hydrogen) atoms. The van der Waals surface area contributed by atoms with Gasteiger partial charge in [0, 0.05) is 12.6 Å². The molecular weight excluding hydrogens is 210 g/mol. The molecule has 1 aliphatic carbocycles. The van der Waals surface area contributed by atoms with E-state index in [0.29, 0.717) is 6.04 Å². The van der Waals surface area contributed by atoms with E-state index in [1.807, 2.05) is 12.1 Å². The Kier molecular flexibility index (Phi) is 4.00. The molecule has 3 heteroatoms. The van der Waals surface area contributed by atoms with Crippen LogP contribution in [0.1, 0.15) is 38.3 Å². The molecule has 94 valence electrons. The van der Waals surface area contributed by atoms with Crippen molar-refractivity contribution in [3.05, 3.63) is 24.0 Å². The molecule has 0 saturated heterocycles. The fraction of sp³-hybridized carbons (Fsp3) is 0.643. The monoisotopic (exact) mass is 233 g/mol. The van der Waals surface area contributed by atoms with Crippen molar-refractivity contribution in [2.75, 3.05) is 12.8 Å². The number of hydrogen-bond acceptors (Lipinski definition) is 3. The quantitative estimate of drug-likeness (QED) is 0.872. The Labute approximate surface area is 104 Å². The molecule has 0 amide bonds. The van der Waals surface area contributed by atoms with Crippen molar-refractivity contribution >= 4 is 5.69 Å². The number of rotatable bonds is 3. The zero-order valence-electron chi connectivity index (χ0n) is 10.9. The summed E-state index contributed by atoms with van der Waals surface area (Å²) in [5.41, 5.74) is 7.50. The number of nitrogens with zero attached hydrogens (tertiary/aromatic N) is 2. The third-order valence-corrected chi connectivity index (χ3v) is 3.89. The van der Waals surface area contributed by atoms with Crippen LogP contribution < -0.4 is 5.73 Å². The second-order valence-corrected chi connectivity index (χ2v) is 5.33. The maximum absolute atomic E-state index is 5.65. The number of anilines is 1. The van der Waals surface area contributed by atoms with Gasteiger partial charge in [-0.3, -0.25) is 9.88 Å². The molecule has 2 N–H and O–H groups in total. The molecule has 1 aliphatic rings. The number of aromatic nitrogens is 1. The van der Waals surface area contributed by atoms with Crippen molar-refractivity contribution in [3.8, 4) is 0 Å². The van der Waals surface area contributed by atoms with Gasteiger partial charge in [-0.25, -0.2) is 0 Å². The van der Waals surface area contributed by atoms with Gasteiger partial charge in [-0.15, -0.1) is 0 Å². The minimum atomic E-state index is 0.711. The van der Waals surface area contributed by atoms with Crippen LogP contribution in [0.15, 0.2) is 18.3 Å².